The lowest BCUT2D eigenvalue weighted by Gasteiger charge is -2.22. The second-order valence-electron chi connectivity index (χ2n) is 6.04. The van der Waals surface area contributed by atoms with Gasteiger partial charge < -0.3 is 5.11 Å². The van der Waals surface area contributed by atoms with Gasteiger partial charge in [0.2, 0.25) is 0 Å². The molecule has 0 radical (unpaired) electrons. The number of benzene rings is 2. The first-order valence-electron chi connectivity index (χ1n) is 7.57. The molecule has 0 aromatic heterocycles. The average molecular weight is 283 g/mol. The molecule has 0 bridgehead atoms. The van der Waals surface area contributed by atoms with Crippen molar-refractivity contribution < 1.29 is 5.11 Å². The van der Waals surface area contributed by atoms with E-state index < -0.39 is 5.60 Å². The molecule has 112 valence electrons. The summed E-state index contributed by atoms with van der Waals surface area (Å²) >= 11 is 0. The van der Waals surface area contributed by atoms with Crippen molar-refractivity contribution in [2.24, 2.45) is 0 Å². The Morgan fingerprint density at radius 1 is 0.857 bits per heavy atom. The molecule has 0 saturated heterocycles. The van der Waals surface area contributed by atoms with Crippen LogP contribution in [0.4, 0.5) is 0 Å². The Morgan fingerprint density at radius 3 is 1.86 bits per heavy atom. The smallest absolute Gasteiger partial charge is 0.0840 e. The average Bonchev–Trinajstić information content (AvgIpc) is 2.47. The SMILES string of the molecule is CCN(Cc1ccccc1)Cc1ccc(C(C)(C)O)cc1. The molecule has 0 fully saturated rings. The van der Waals surface area contributed by atoms with E-state index in [0.717, 1.165) is 25.2 Å². The molecule has 1 N–H and O–H groups in total. The maximum atomic E-state index is 9.99. The van der Waals surface area contributed by atoms with Gasteiger partial charge in [0.1, 0.15) is 0 Å². The van der Waals surface area contributed by atoms with E-state index in [1.54, 1.807) is 0 Å². The molecule has 0 spiro atoms. The van der Waals surface area contributed by atoms with E-state index in [1.807, 2.05) is 26.0 Å². The summed E-state index contributed by atoms with van der Waals surface area (Å²) in [5.74, 6) is 0. The van der Waals surface area contributed by atoms with Crippen LogP contribution in [0.1, 0.15) is 37.5 Å². The Kier molecular flexibility index (Phi) is 5.16. The second-order valence-corrected chi connectivity index (χ2v) is 6.04. The van der Waals surface area contributed by atoms with Crippen LogP contribution in [-0.4, -0.2) is 16.6 Å². The van der Waals surface area contributed by atoms with Gasteiger partial charge in [0.15, 0.2) is 0 Å². The molecular formula is C19H25NO. The molecule has 2 nitrogen and oxygen atoms in total. The molecule has 2 aromatic rings. The molecule has 0 aliphatic heterocycles. The lowest BCUT2D eigenvalue weighted by molar-refractivity contribution is 0.0786. The van der Waals surface area contributed by atoms with Crippen molar-refractivity contribution in [3.8, 4) is 0 Å². The Balaban J connectivity index is 2.02. The third kappa shape index (κ3) is 4.69. The van der Waals surface area contributed by atoms with Crippen molar-refractivity contribution in [3.05, 3.63) is 71.3 Å². The number of hydrogen-bond acceptors (Lipinski definition) is 2. The molecule has 0 atom stereocenters. The number of hydrogen-bond donors (Lipinski definition) is 1. The van der Waals surface area contributed by atoms with E-state index >= 15 is 0 Å². The van der Waals surface area contributed by atoms with E-state index in [2.05, 4.69) is 54.3 Å². The Morgan fingerprint density at radius 2 is 1.38 bits per heavy atom. The minimum atomic E-state index is -0.771. The minimum absolute atomic E-state index is 0.771. The van der Waals surface area contributed by atoms with Crippen molar-refractivity contribution in [1.82, 2.24) is 4.90 Å². The summed E-state index contributed by atoms with van der Waals surface area (Å²) in [4.78, 5) is 2.41. The van der Waals surface area contributed by atoms with Gasteiger partial charge in [-0.25, -0.2) is 0 Å². The zero-order valence-corrected chi connectivity index (χ0v) is 13.2. The first-order valence-corrected chi connectivity index (χ1v) is 7.57. The molecular weight excluding hydrogens is 258 g/mol. The molecule has 0 aliphatic rings. The summed E-state index contributed by atoms with van der Waals surface area (Å²) in [5, 5.41) is 9.99. The minimum Gasteiger partial charge on any atom is -0.386 e. The van der Waals surface area contributed by atoms with Gasteiger partial charge in [-0.2, -0.15) is 0 Å². The summed E-state index contributed by atoms with van der Waals surface area (Å²) in [6.07, 6.45) is 0. The monoisotopic (exact) mass is 283 g/mol. The highest BCUT2D eigenvalue weighted by atomic mass is 16.3. The molecule has 2 rings (SSSR count). The van der Waals surface area contributed by atoms with Crippen LogP contribution in [0.3, 0.4) is 0 Å². The fraction of sp³-hybridized carbons (Fsp3) is 0.368. The third-order valence-corrected chi connectivity index (χ3v) is 3.76. The maximum Gasteiger partial charge on any atom is 0.0840 e. The topological polar surface area (TPSA) is 23.5 Å². The van der Waals surface area contributed by atoms with Crippen molar-refractivity contribution in [1.29, 1.82) is 0 Å². The van der Waals surface area contributed by atoms with Crippen molar-refractivity contribution in [2.45, 2.75) is 39.5 Å². The van der Waals surface area contributed by atoms with E-state index in [1.165, 1.54) is 11.1 Å². The van der Waals surface area contributed by atoms with Crippen LogP contribution in [0.15, 0.2) is 54.6 Å². The molecule has 21 heavy (non-hydrogen) atoms. The third-order valence-electron chi connectivity index (χ3n) is 3.76. The fourth-order valence-electron chi connectivity index (χ4n) is 2.40. The fourth-order valence-corrected chi connectivity index (χ4v) is 2.40. The molecule has 0 aliphatic carbocycles. The van der Waals surface area contributed by atoms with Crippen LogP contribution >= 0.6 is 0 Å². The number of aliphatic hydroxyl groups is 1. The van der Waals surface area contributed by atoms with Gasteiger partial charge in [-0.1, -0.05) is 61.5 Å². The number of nitrogens with zero attached hydrogens (tertiary/aromatic N) is 1. The summed E-state index contributed by atoms with van der Waals surface area (Å²) < 4.78 is 0. The van der Waals surface area contributed by atoms with Gasteiger partial charge in [-0.15, -0.1) is 0 Å². The van der Waals surface area contributed by atoms with Gasteiger partial charge in [0.25, 0.3) is 0 Å². The maximum absolute atomic E-state index is 9.99. The predicted octanol–water partition coefficient (Wildman–Crippen LogP) is 3.94. The van der Waals surface area contributed by atoms with Crippen LogP contribution in [0, 0.1) is 0 Å². The van der Waals surface area contributed by atoms with Gasteiger partial charge in [0, 0.05) is 13.1 Å². The Labute approximate surface area is 128 Å². The predicted molar refractivity (Wildman–Crippen MR) is 87.9 cm³/mol. The van der Waals surface area contributed by atoms with E-state index in [0.29, 0.717) is 0 Å². The highest BCUT2D eigenvalue weighted by Crippen LogP contribution is 2.20. The van der Waals surface area contributed by atoms with Crippen molar-refractivity contribution in [2.75, 3.05) is 6.54 Å². The Hall–Kier alpha value is -1.64. The van der Waals surface area contributed by atoms with E-state index in [9.17, 15) is 5.11 Å². The zero-order chi connectivity index (χ0) is 15.3. The highest BCUT2D eigenvalue weighted by Gasteiger charge is 2.15. The second kappa shape index (κ2) is 6.88. The summed E-state index contributed by atoms with van der Waals surface area (Å²) in [6, 6.07) is 18.8. The van der Waals surface area contributed by atoms with Crippen LogP contribution in [0.2, 0.25) is 0 Å². The summed E-state index contributed by atoms with van der Waals surface area (Å²) in [7, 11) is 0. The first kappa shape index (κ1) is 15.7. The lowest BCUT2D eigenvalue weighted by atomic mass is 9.97. The highest BCUT2D eigenvalue weighted by molar-refractivity contribution is 5.26. The molecule has 2 aromatic carbocycles. The summed E-state index contributed by atoms with van der Waals surface area (Å²) in [6.45, 7) is 8.73. The van der Waals surface area contributed by atoms with Gasteiger partial charge >= 0.3 is 0 Å². The quantitative estimate of drug-likeness (QED) is 0.868. The zero-order valence-electron chi connectivity index (χ0n) is 13.2. The molecule has 0 heterocycles. The van der Waals surface area contributed by atoms with Crippen LogP contribution < -0.4 is 0 Å². The first-order chi connectivity index (χ1) is 9.99. The van der Waals surface area contributed by atoms with Crippen LogP contribution in [0.25, 0.3) is 0 Å². The number of rotatable bonds is 6. The lowest BCUT2D eigenvalue weighted by Crippen LogP contribution is -2.22. The van der Waals surface area contributed by atoms with Crippen LogP contribution in [0.5, 0.6) is 0 Å². The Bertz CT molecular complexity index is 540. The molecule has 0 saturated carbocycles. The largest absolute Gasteiger partial charge is 0.386 e. The van der Waals surface area contributed by atoms with Gasteiger partial charge in [-0.3, -0.25) is 4.90 Å². The standard InChI is InChI=1S/C19H25NO/c1-4-20(14-16-8-6-5-7-9-16)15-17-10-12-18(13-11-17)19(2,3)21/h5-13,21H,4,14-15H2,1-3H3. The normalized spacial score (nSPS) is 11.9. The molecule has 0 amide bonds. The van der Waals surface area contributed by atoms with E-state index in [4.69, 9.17) is 0 Å². The molecule has 2 heteroatoms. The van der Waals surface area contributed by atoms with Crippen molar-refractivity contribution in [3.63, 3.8) is 0 Å². The van der Waals surface area contributed by atoms with Gasteiger partial charge in [0.05, 0.1) is 5.60 Å². The van der Waals surface area contributed by atoms with E-state index in [-0.39, 0.29) is 0 Å². The van der Waals surface area contributed by atoms with Gasteiger partial charge in [-0.05, 0) is 37.1 Å². The van der Waals surface area contributed by atoms with Crippen LogP contribution in [-0.2, 0) is 18.7 Å². The summed E-state index contributed by atoms with van der Waals surface area (Å²) in [5.41, 5.74) is 2.80. The molecule has 0 unspecified atom stereocenters. The van der Waals surface area contributed by atoms with Crippen molar-refractivity contribution >= 4 is 0 Å².